The molecule has 0 aromatic heterocycles. The Morgan fingerprint density at radius 1 is 0.952 bits per heavy atom. The smallest absolute Gasteiger partial charge is 0.330 e. The molecule has 3 nitrogen and oxygen atoms in total. The third-order valence-electron chi connectivity index (χ3n) is 2.91. The van der Waals surface area contributed by atoms with E-state index in [2.05, 4.69) is 0 Å². The quantitative estimate of drug-likeness (QED) is 0.770. The van der Waals surface area contributed by atoms with Crippen molar-refractivity contribution in [3.05, 3.63) is 29.8 Å². The summed E-state index contributed by atoms with van der Waals surface area (Å²) in [5.74, 6) is -0.0526. The summed E-state index contributed by atoms with van der Waals surface area (Å²) in [5.41, 5.74) is 4.48. The fraction of sp³-hybridized carbons (Fsp3) is 0.538. The van der Waals surface area contributed by atoms with Gasteiger partial charge in [0, 0.05) is 0 Å². The van der Waals surface area contributed by atoms with Gasteiger partial charge in [-0.2, -0.15) is 13.2 Å². The lowest BCUT2D eigenvalue weighted by molar-refractivity contribution is -0.137. The normalized spacial score (nSPS) is 12.0. The molecule has 0 radical (unpaired) electrons. The summed E-state index contributed by atoms with van der Waals surface area (Å²) in [6, 6.07) is 3.61. The van der Waals surface area contributed by atoms with Crippen LogP contribution in [0.5, 0.6) is 0 Å². The number of rotatable bonds is 7. The Labute approximate surface area is 129 Å². The Morgan fingerprint density at radius 2 is 1.48 bits per heavy atom. The van der Waals surface area contributed by atoms with Gasteiger partial charge in [0.2, 0.25) is 0 Å². The highest BCUT2D eigenvalue weighted by molar-refractivity contribution is 7.91. The van der Waals surface area contributed by atoms with Gasteiger partial charge in [-0.25, -0.2) is 8.42 Å². The average Bonchev–Trinajstić information content (AvgIpc) is 2.37. The topological polar surface area (TPSA) is 60.2 Å². The molecule has 0 amide bonds. The Bertz CT molecular complexity index is 515. The average molecular weight is 346 g/mol. The summed E-state index contributed by atoms with van der Waals surface area (Å²) in [6.07, 6.45) is -1.51. The molecule has 0 bridgehead atoms. The highest BCUT2D eigenvalue weighted by Crippen LogP contribution is 2.29. The molecule has 1 aromatic rings. The van der Waals surface area contributed by atoms with Gasteiger partial charge in [0.05, 0.1) is 16.2 Å². The Hall–Kier alpha value is -0.790. The lowest BCUT2D eigenvalue weighted by Gasteiger charge is -2.08. The van der Waals surface area contributed by atoms with E-state index in [9.17, 15) is 21.6 Å². The number of alkyl halides is 3. The van der Waals surface area contributed by atoms with E-state index in [0.717, 1.165) is 43.5 Å². The van der Waals surface area contributed by atoms with E-state index in [1.54, 1.807) is 0 Å². The number of unbranched alkanes of at least 4 members (excludes halogenated alkanes) is 3. The van der Waals surface area contributed by atoms with Crippen LogP contribution in [0.3, 0.4) is 0 Å². The van der Waals surface area contributed by atoms with Gasteiger partial charge in [-0.3, -0.25) is 0 Å². The van der Waals surface area contributed by atoms with E-state index < -0.39 is 21.6 Å². The maximum atomic E-state index is 12.4. The van der Waals surface area contributed by atoms with Crippen LogP contribution < -0.4 is 5.73 Å². The molecule has 21 heavy (non-hydrogen) atoms. The molecule has 8 heteroatoms. The molecular weight excluding hydrogens is 327 g/mol. The molecule has 0 atom stereocenters. The zero-order chi connectivity index (χ0) is 15.2. The first-order valence-corrected chi connectivity index (χ1v) is 8.02. The molecule has 0 aliphatic heterocycles. The van der Waals surface area contributed by atoms with Gasteiger partial charge in [0.1, 0.15) is 0 Å². The molecule has 0 unspecified atom stereocenters. The summed E-state index contributed by atoms with van der Waals surface area (Å²) >= 11 is 0. The third-order valence-corrected chi connectivity index (χ3v) is 4.72. The van der Waals surface area contributed by atoms with Gasteiger partial charge in [0.25, 0.3) is 0 Å². The Morgan fingerprint density at radius 3 is 1.95 bits per heavy atom. The molecule has 0 saturated heterocycles. The molecule has 1 rings (SSSR count). The van der Waals surface area contributed by atoms with Crippen molar-refractivity contribution in [2.45, 2.75) is 36.8 Å². The van der Waals surface area contributed by atoms with Crippen molar-refractivity contribution in [2.24, 2.45) is 5.73 Å². The SMILES string of the molecule is Cl.NCCCCCCS(=O)(=O)c1ccc(C(F)(F)F)cc1. The van der Waals surface area contributed by atoms with Crippen LogP contribution in [0.4, 0.5) is 13.2 Å². The van der Waals surface area contributed by atoms with Crippen molar-refractivity contribution in [1.82, 2.24) is 0 Å². The van der Waals surface area contributed by atoms with E-state index >= 15 is 0 Å². The molecule has 0 fully saturated rings. The lowest BCUT2D eigenvalue weighted by Crippen LogP contribution is -2.09. The molecule has 0 heterocycles. The maximum Gasteiger partial charge on any atom is 0.416 e. The molecule has 1 aromatic carbocycles. The fourth-order valence-corrected chi connectivity index (χ4v) is 3.13. The summed E-state index contributed by atoms with van der Waals surface area (Å²) in [5, 5.41) is 0. The van der Waals surface area contributed by atoms with Gasteiger partial charge < -0.3 is 5.73 Å². The van der Waals surface area contributed by atoms with Crippen LogP contribution in [0, 0.1) is 0 Å². The number of benzene rings is 1. The third kappa shape index (κ3) is 6.67. The molecule has 0 saturated carbocycles. The van der Waals surface area contributed by atoms with Gasteiger partial charge >= 0.3 is 6.18 Å². The van der Waals surface area contributed by atoms with Crippen LogP contribution in [0.15, 0.2) is 29.2 Å². The van der Waals surface area contributed by atoms with E-state index in [1.165, 1.54) is 0 Å². The first kappa shape index (κ1) is 20.2. The monoisotopic (exact) mass is 345 g/mol. The summed E-state index contributed by atoms with van der Waals surface area (Å²) in [4.78, 5) is -0.0654. The van der Waals surface area contributed by atoms with Crippen LogP contribution in [-0.4, -0.2) is 20.7 Å². The van der Waals surface area contributed by atoms with Crippen molar-refractivity contribution in [3.63, 3.8) is 0 Å². The minimum Gasteiger partial charge on any atom is -0.330 e. The van der Waals surface area contributed by atoms with E-state index in [1.807, 2.05) is 0 Å². The second kappa shape index (κ2) is 8.60. The number of halogens is 4. The van der Waals surface area contributed by atoms with Crippen molar-refractivity contribution in [1.29, 1.82) is 0 Å². The molecule has 0 aliphatic carbocycles. The summed E-state index contributed by atoms with van der Waals surface area (Å²) < 4.78 is 61.0. The number of hydrogen-bond donors (Lipinski definition) is 1. The van der Waals surface area contributed by atoms with E-state index in [-0.39, 0.29) is 23.1 Å². The predicted octanol–water partition coefficient (Wildman–Crippen LogP) is 3.42. The fourth-order valence-electron chi connectivity index (χ4n) is 1.76. The number of nitrogens with two attached hydrogens (primary N) is 1. The molecule has 0 aliphatic rings. The van der Waals surface area contributed by atoms with Crippen LogP contribution >= 0.6 is 12.4 Å². The van der Waals surface area contributed by atoms with Crippen LogP contribution in [-0.2, 0) is 16.0 Å². The van der Waals surface area contributed by atoms with Gasteiger partial charge in [-0.05, 0) is 43.7 Å². The number of hydrogen-bond acceptors (Lipinski definition) is 3. The first-order chi connectivity index (χ1) is 9.27. The summed E-state index contributed by atoms with van der Waals surface area (Å²) in [6.45, 7) is 0.575. The van der Waals surface area contributed by atoms with Gasteiger partial charge in [-0.1, -0.05) is 12.8 Å². The van der Waals surface area contributed by atoms with Crippen molar-refractivity contribution in [2.75, 3.05) is 12.3 Å². The Balaban J connectivity index is 0.00000400. The maximum absolute atomic E-state index is 12.4. The second-order valence-electron chi connectivity index (χ2n) is 4.54. The standard InChI is InChI=1S/C13H18F3NO2S.ClH/c14-13(15,16)11-5-7-12(8-6-11)20(18,19)10-4-2-1-3-9-17;/h5-8H,1-4,9-10,17H2;1H. The molecule has 2 N–H and O–H groups in total. The second-order valence-corrected chi connectivity index (χ2v) is 6.65. The van der Waals surface area contributed by atoms with Gasteiger partial charge in [-0.15, -0.1) is 12.4 Å². The predicted molar refractivity (Wildman–Crippen MR) is 78.3 cm³/mol. The summed E-state index contributed by atoms with van der Waals surface area (Å²) in [7, 11) is -3.51. The van der Waals surface area contributed by atoms with Crippen LogP contribution in [0.25, 0.3) is 0 Å². The minimum absolute atomic E-state index is 0. The zero-order valence-electron chi connectivity index (χ0n) is 11.4. The zero-order valence-corrected chi connectivity index (χ0v) is 13.0. The van der Waals surface area contributed by atoms with Crippen molar-refractivity contribution < 1.29 is 21.6 Å². The van der Waals surface area contributed by atoms with Crippen molar-refractivity contribution >= 4 is 22.2 Å². The van der Waals surface area contributed by atoms with E-state index in [4.69, 9.17) is 5.73 Å². The Kier molecular flexibility index (Phi) is 8.28. The molecular formula is C13H19ClF3NO2S. The lowest BCUT2D eigenvalue weighted by atomic mass is 10.2. The molecule has 0 spiro atoms. The number of sulfone groups is 1. The minimum atomic E-state index is -4.45. The van der Waals surface area contributed by atoms with Gasteiger partial charge in [0.15, 0.2) is 9.84 Å². The first-order valence-electron chi connectivity index (χ1n) is 6.37. The molecule has 122 valence electrons. The van der Waals surface area contributed by atoms with Crippen molar-refractivity contribution in [3.8, 4) is 0 Å². The van der Waals surface area contributed by atoms with Crippen LogP contribution in [0.1, 0.15) is 31.2 Å². The van der Waals surface area contributed by atoms with E-state index in [0.29, 0.717) is 13.0 Å². The highest BCUT2D eigenvalue weighted by Gasteiger charge is 2.30. The largest absolute Gasteiger partial charge is 0.416 e. The van der Waals surface area contributed by atoms with Crippen LogP contribution in [0.2, 0.25) is 0 Å². The highest BCUT2D eigenvalue weighted by atomic mass is 35.5.